The molecule has 5 nitrogen and oxygen atoms in total. The largest absolute Gasteiger partial charge is 0.506 e. The molecule has 0 radical (unpaired) electrons. The molecule has 0 heterocycles. The molecule has 1 aromatic carbocycles. The highest BCUT2D eigenvalue weighted by Crippen LogP contribution is 2.37. The first kappa shape index (κ1) is 16.2. The molecular formula is C12H13Br2NO4. The molecule has 2 atom stereocenters. The van der Waals surface area contributed by atoms with Crippen LogP contribution < -0.4 is 5.48 Å². The van der Waals surface area contributed by atoms with Crippen LogP contribution in [-0.2, 0) is 4.79 Å². The normalized spacial score (nSPS) is 14.4. The average molecular weight is 395 g/mol. The zero-order valence-electron chi connectivity index (χ0n) is 9.97. The Balaban J connectivity index is 2.97. The van der Waals surface area contributed by atoms with E-state index in [1.54, 1.807) is 19.1 Å². The number of aliphatic hydroxyl groups is 1. The van der Waals surface area contributed by atoms with E-state index in [4.69, 9.17) is 5.21 Å². The van der Waals surface area contributed by atoms with E-state index in [-0.39, 0.29) is 5.75 Å². The van der Waals surface area contributed by atoms with E-state index in [2.05, 4.69) is 31.9 Å². The minimum atomic E-state index is -0.989. The summed E-state index contributed by atoms with van der Waals surface area (Å²) in [5.41, 5.74) is 1.79. The summed E-state index contributed by atoms with van der Waals surface area (Å²) in [4.78, 5) is 10.9. The highest BCUT2D eigenvalue weighted by molar-refractivity contribution is 9.11. The van der Waals surface area contributed by atoms with Crippen molar-refractivity contribution < 1.29 is 20.2 Å². The summed E-state index contributed by atoms with van der Waals surface area (Å²) in [6.45, 7) is 1.68. The first-order chi connectivity index (χ1) is 8.86. The molecule has 0 saturated heterocycles. The quantitative estimate of drug-likeness (QED) is 0.359. The van der Waals surface area contributed by atoms with Crippen molar-refractivity contribution in [3.63, 3.8) is 0 Å². The Hall–Kier alpha value is -0.890. The predicted octanol–water partition coefficient (Wildman–Crippen LogP) is 2.65. The number of amides is 1. The summed E-state index contributed by atoms with van der Waals surface area (Å²) in [7, 11) is 0. The summed E-state index contributed by atoms with van der Waals surface area (Å²) in [6.07, 6.45) is 1.55. The zero-order chi connectivity index (χ0) is 14.6. The van der Waals surface area contributed by atoms with Gasteiger partial charge in [0.2, 0.25) is 0 Å². The molecule has 104 valence electrons. The van der Waals surface area contributed by atoms with Crippen molar-refractivity contribution >= 4 is 37.8 Å². The smallest absolute Gasteiger partial charge is 0.267 e. The SMILES string of the molecule is C[C@@H](/C=C/C(=O)NO)[C@H](O)c1cc(Br)cc(Br)c1O. The van der Waals surface area contributed by atoms with Crippen LogP contribution >= 0.6 is 31.9 Å². The van der Waals surface area contributed by atoms with Gasteiger partial charge in [-0.25, -0.2) is 5.48 Å². The second-order valence-corrected chi connectivity index (χ2v) is 5.73. The second kappa shape index (κ2) is 7.04. The van der Waals surface area contributed by atoms with Crippen molar-refractivity contribution in [1.29, 1.82) is 0 Å². The number of hydrogen-bond acceptors (Lipinski definition) is 4. The number of phenolic OH excluding ortho intramolecular Hbond substituents is 1. The number of aromatic hydroxyl groups is 1. The van der Waals surface area contributed by atoms with Crippen LogP contribution in [0.3, 0.4) is 0 Å². The van der Waals surface area contributed by atoms with Crippen molar-refractivity contribution in [1.82, 2.24) is 5.48 Å². The van der Waals surface area contributed by atoms with Gasteiger partial charge >= 0.3 is 0 Å². The molecule has 7 heteroatoms. The highest BCUT2D eigenvalue weighted by Gasteiger charge is 2.20. The first-order valence-corrected chi connectivity index (χ1v) is 6.93. The van der Waals surface area contributed by atoms with Crippen LogP contribution in [0, 0.1) is 5.92 Å². The molecule has 0 aliphatic rings. The summed E-state index contributed by atoms with van der Waals surface area (Å²) >= 11 is 6.45. The molecule has 19 heavy (non-hydrogen) atoms. The maximum absolute atomic E-state index is 10.9. The van der Waals surface area contributed by atoms with Crippen LogP contribution in [0.15, 0.2) is 33.2 Å². The lowest BCUT2D eigenvalue weighted by atomic mass is 9.96. The Morgan fingerprint density at radius 2 is 2.05 bits per heavy atom. The van der Waals surface area contributed by atoms with Gasteiger partial charge in [0.25, 0.3) is 5.91 Å². The molecule has 0 aliphatic carbocycles. The van der Waals surface area contributed by atoms with Gasteiger partial charge in [-0.15, -0.1) is 0 Å². The number of halogens is 2. The molecule has 0 unspecified atom stereocenters. The number of aliphatic hydroxyl groups excluding tert-OH is 1. The zero-order valence-corrected chi connectivity index (χ0v) is 13.1. The van der Waals surface area contributed by atoms with E-state index in [9.17, 15) is 15.0 Å². The van der Waals surface area contributed by atoms with E-state index in [0.717, 1.165) is 6.08 Å². The Bertz CT molecular complexity index is 505. The molecule has 1 rings (SSSR count). The number of rotatable bonds is 4. The van der Waals surface area contributed by atoms with E-state index in [0.29, 0.717) is 14.5 Å². The molecule has 1 aromatic rings. The van der Waals surface area contributed by atoms with Gasteiger partial charge in [-0.3, -0.25) is 10.0 Å². The molecular weight excluding hydrogens is 382 g/mol. The van der Waals surface area contributed by atoms with Gasteiger partial charge < -0.3 is 10.2 Å². The maximum atomic E-state index is 10.9. The van der Waals surface area contributed by atoms with Crippen LogP contribution in [0.5, 0.6) is 5.75 Å². The van der Waals surface area contributed by atoms with Crippen LogP contribution in [-0.4, -0.2) is 21.3 Å². The third-order valence-corrected chi connectivity index (χ3v) is 3.60. The number of hydrogen-bond donors (Lipinski definition) is 4. The average Bonchev–Trinajstić information content (AvgIpc) is 2.38. The number of benzene rings is 1. The standard InChI is InChI=1S/C12H13Br2NO4/c1-6(2-3-10(16)15-19)11(17)8-4-7(13)5-9(14)12(8)18/h2-6,11,17-19H,1H3,(H,15,16)/b3-2+/t6-,11-/m0/s1. The van der Waals surface area contributed by atoms with E-state index < -0.39 is 17.9 Å². The minimum absolute atomic E-state index is 0.0532. The number of phenols is 1. The lowest BCUT2D eigenvalue weighted by Gasteiger charge is -2.18. The number of carbonyl (C=O) groups is 1. The van der Waals surface area contributed by atoms with Crippen molar-refractivity contribution in [2.75, 3.05) is 0 Å². The van der Waals surface area contributed by atoms with Crippen molar-refractivity contribution in [2.24, 2.45) is 5.92 Å². The maximum Gasteiger partial charge on any atom is 0.267 e. The molecule has 0 saturated carbocycles. The molecule has 0 aliphatic heterocycles. The van der Waals surface area contributed by atoms with Gasteiger partial charge in [-0.2, -0.15) is 0 Å². The molecule has 0 spiro atoms. The molecule has 1 amide bonds. The lowest BCUT2D eigenvalue weighted by molar-refractivity contribution is -0.124. The van der Waals surface area contributed by atoms with Gasteiger partial charge in [0.05, 0.1) is 10.6 Å². The highest BCUT2D eigenvalue weighted by atomic mass is 79.9. The summed E-state index contributed by atoms with van der Waals surface area (Å²) in [6, 6.07) is 3.26. The van der Waals surface area contributed by atoms with E-state index in [1.165, 1.54) is 11.6 Å². The Morgan fingerprint density at radius 3 is 2.63 bits per heavy atom. The van der Waals surface area contributed by atoms with E-state index >= 15 is 0 Å². The Kier molecular flexibility index (Phi) is 5.99. The number of carbonyl (C=O) groups excluding carboxylic acids is 1. The fraction of sp³-hybridized carbons (Fsp3) is 0.250. The summed E-state index contributed by atoms with van der Waals surface area (Å²) in [5, 5.41) is 28.4. The molecule has 0 fully saturated rings. The fourth-order valence-electron chi connectivity index (χ4n) is 1.48. The first-order valence-electron chi connectivity index (χ1n) is 5.35. The fourth-order valence-corrected chi connectivity index (χ4v) is 2.73. The molecule has 0 bridgehead atoms. The number of hydroxylamine groups is 1. The monoisotopic (exact) mass is 393 g/mol. The molecule has 0 aromatic heterocycles. The van der Waals surface area contributed by atoms with Crippen LogP contribution in [0.25, 0.3) is 0 Å². The topological polar surface area (TPSA) is 89.8 Å². The third kappa shape index (κ3) is 4.31. The van der Waals surface area contributed by atoms with Gasteiger partial charge in [0.15, 0.2) is 0 Å². The Morgan fingerprint density at radius 1 is 1.42 bits per heavy atom. The Labute approximate surface area is 127 Å². The van der Waals surface area contributed by atoms with Gasteiger partial charge in [-0.05, 0) is 28.1 Å². The van der Waals surface area contributed by atoms with Gasteiger partial charge in [-0.1, -0.05) is 28.9 Å². The van der Waals surface area contributed by atoms with Crippen molar-refractivity contribution in [3.05, 3.63) is 38.8 Å². The van der Waals surface area contributed by atoms with Crippen LogP contribution in [0.4, 0.5) is 0 Å². The van der Waals surface area contributed by atoms with Crippen LogP contribution in [0.2, 0.25) is 0 Å². The second-order valence-electron chi connectivity index (χ2n) is 3.96. The van der Waals surface area contributed by atoms with Gasteiger partial charge in [0, 0.05) is 22.0 Å². The van der Waals surface area contributed by atoms with Gasteiger partial charge in [0.1, 0.15) is 5.75 Å². The summed E-state index contributed by atoms with van der Waals surface area (Å²) in [5.74, 6) is -1.16. The van der Waals surface area contributed by atoms with Crippen molar-refractivity contribution in [3.8, 4) is 5.75 Å². The minimum Gasteiger partial charge on any atom is -0.506 e. The van der Waals surface area contributed by atoms with Crippen LogP contribution in [0.1, 0.15) is 18.6 Å². The lowest BCUT2D eigenvalue weighted by Crippen LogP contribution is -2.16. The number of nitrogens with one attached hydrogen (secondary N) is 1. The van der Waals surface area contributed by atoms with Crippen molar-refractivity contribution in [2.45, 2.75) is 13.0 Å². The predicted molar refractivity (Wildman–Crippen MR) is 76.7 cm³/mol. The summed E-state index contributed by atoms with van der Waals surface area (Å²) < 4.78 is 1.16. The molecule has 4 N–H and O–H groups in total. The van der Waals surface area contributed by atoms with E-state index in [1.807, 2.05) is 0 Å². The third-order valence-electron chi connectivity index (χ3n) is 2.54.